The quantitative estimate of drug-likeness (QED) is 0.338. The highest BCUT2D eigenvalue weighted by molar-refractivity contribution is 5.79. The van der Waals surface area contributed by atoms with Crippen LogP contribution in [-0.2, 0) is 0 Å². The van der Waals surface area contributed by atoms with E-state index < -0.39 is 6.23 Å². The molecule has 7 heavy (non-hydrogen) atoms. The number of hydrogen-bond acceptors (Lipinski definition) is 4. The van der Waals surface area contributed by atoms with Gasteiger partial charge in [0, 0.05) is 0 Å². The molecular formula is C3H7N3O. The summed E-state index contributed by atoms with van der Waals surface area (Å²) in [7, 11) is 0. The maximum Gasteiger partial charge on any atom is 0.191 e. The Kier molecular flexibility index (Phi) is 0.867. The van der Waals surface area contributed by atoms with Crippen molar-refractivity contribution in [2.75, 3.05) is 6.54 Å². The van der Waals surface area contributed by atoms with E-state index in [1.54, 1.807) is 0 Å². The lowest BCUT2D eigenvalue weighted by Gasteiger charge is -1.89. The van der Waals surface area contributed by atoms with Crippen molar-refractivity contribution in [3.8, 4) is 0 Å². The van der Waals surface area contributed by atoms with Gasteiger partial charge in [-0.05, 0) is 0 Å². The van der Waals surface area contributed by atoms with E-state index in [1.165, 1.54) is 0 Å². The van der Waals surface area contributed by atoms with Crippen molar-refractivity contribution in [2.45, 2.75) is 6.23 Å². The molecule has 0 bridgehead atoms. The average Bonchev–Trinajstić information content (AvgIpc) is 1.87. The van der Waals surface area contributed by atoms with Gasteiger partial charge in [0.1, 0.15) is 0 Å². The van der Waals surface area contributed by atoms with E-state index in [4.69, 9.17) is 10.8 Å². The van der Waals surface area contributed by atoms with E-state index >= 15 is 0 Å². The third-order valence-electron chi connectivity index (χ3n) is 0.754. The molecule has 1 rings (SSSR count). The Morgan fingerprint density at radius 3 is 2.86 bits per heavy atom. The van der Waals surface area contributed by atoms with E-state index in [9.17, 15) is 0 Å². The Morgan fingerprint density at radius 1 is 2.00 bits per heavy atom. The molecule has 0 aromatic carbocycles. The summed E-state index contributed by atoms with van der Waals surface area (Å²) < 4.78 is 0. The van der Waals surface area contributed by atoms with E-state index in [0.717, 1.165) is 0 Å². The van der Waals surface area contributed by atoms with Crippen LogP contribution in [0, 0.1) is 0 Å². The van der Waals surface area contributed by atoms with Crippen molar-refractivity contribution in [3.05, 3.63) is 0 Å². The predicted molar refractivity (Wildman–Crippen MR) is 25.6 cm³/mol. The summed E-state index contributed by atoms with van der Waals surface area (Å²) in [6.45, 7) is 0.450. The van der Waals surface area contributed by atoms with Crippen LogP contribution < -0.4 is 11.1 Å². The number of aliphatic imine (C=N–C) groups is 1. The topological polar surface area (TPSA) is 70.6 Å². The van der Waals surface area contributed by atoms with E-state index in [0.29, 0.717) is 12.5 Å². The highest BCUT2D eigenvalue weighted by Gasteiger charge is 2.08. The Balaban J connectivity index is 2.50. The molecule has 4 nitrogen and oxygen atoms in total. The monoisotopic (exact) mass is 101 g/mol. The molecular weight excluding hydrogens is 94.1 g/mol. The second-order valence-electron chi connectivity index (χ2n) is 1.38. The fourth-order valence-corrected chi connectivity index (χ4v) is 0.448. The summed E-state index contributed by atoms with van der Waals surface area (Å²) in [5.41, 5.74) is 5.10. The van der Waals surface area contributed by atoms with Gasteiger partial charge in [0.25, 0.3) is 0 Å². The molecule has 0 amide bonds. The molecule has 0 aromatic heterocycles. The minimum absolute atomic E-state index is 0.326. The molecule has 0 aromatic rings. The van der Waals surface area contributed by atoms with E-state index in [2.05, 4.69) is 10.3 Å². The van der Waals surface area contributed by atoms with Gasteiger partial charge in [0.2, 0.25) is 0 Å². The molecule has 1 heterocycles. The number of hydrogen-bond donors (Lipinski definition) is 3. The van der Waals surface area contributed by atoms with Gasteiger partial charge in [-0.25, -0.2) is 4.99 Å². The van der Waals surface area contributed by atoms with Crippen molar-refractivity contribution in [1.29, 1.82) is 0 Å². The number of nitrogens with zero attached hydrogens (tertiary/aromatic N) is 1. The molecule has 0 radical (unpaired) electrons. The molecule has 4 N–H and O–H groups in total. The summed E-state index contributed by atoms with van der Waals surface area (Å²) in [6, 6.07) is 0. The fraction of sp³-hybridized carbons (Fsp3) is 0.667. The van der Waals surface area contributed by atoms with Gasteiger partial charge in [-0.3, -0.25) is 0 Å². The molecule has 0 fully saturated rings. The number of aliphatic hydroxyl groups excluding tert-OH is 1. The first kappa shape index (κ1) is 4.39. The standard InChI is InChI=1S/C3H7N3O/c4-3-5-1-2(7)6-3/h2,7H,1H2,(H3,4,5,6)/t2-/m0/s1. The molecule has 0 saturated heterocycles. The summed E-state index contributed by atoms with van der Waals surface area (Å²) in [5.74, 6) is 0.326. The van der Waals surface area contributed by atoms with Crippen molar-refractivity contribution in [3.63, 3.8) is 0 Å². The van der Waals surface area contributed by atoms with Crippen LogP contribution in [0.25, 0.3) is 0 Å². The van der Waals surface area contributed by atoms with Gasteiger partial charge in [0.15, 0.2) is 12.2 Å². The second kappa shape index (κ2) is 1.38. The van der Waals surface area contributed by atoms with Gasteiger partial charge < -0.3 is 16.2 Å². The van der Waals surface area contributed by atoms with Crippen molar-refractivity contribution in [2.24, 2.45) is 10.7 Å². The largest absolute Gasteiger partial charge is 0.370 e. The minimum Gasteiger partial charge on any atom is -0.370 e. The molecule has 1 aliphatic heterocycles. The molecule has 1 aliphatic rings. The van der Waals surface area contributed by atoms with Crippen LogP contribution in [0.2, 0.25) is 0 Å². The van der Waals surface area contributed by atoms with E-state index in [-0.39, 0.29) is 0 Å². The minimum atomic E-state index is -0.625. The lowest BCUT2D eigenvalue weighted by atomic mass is 10.6. The maximum absolute atomic E-state index is 8.57. The molecule has 1 atom stereocenters. The smallest absolute Gasteiger partial charge is 0.191 e. The lowest BCUT2D eigenvalue weighted by Crippen LogP contribution is -2.27. The zero-order valence-electron chi connectivity index (χ0n) is 3.76. The Hall–Kier alpha value is -0.770. The number of nitrogens with one attached hydrogen (secondary N) is 1. The van der Waals surface area contributed by atoms with Crippen LogP contribution in [0.1, 0.15) is 0 Å². The van der Waals surface area contributed by atoms with Gasteiger partial charge in [0.05, 0.1) is 6.54 Å². The van der Waals surface area contributed by atoms with Crippen molar-refractivity contribution >= 4 is 5.96 Å². The third kappa shape index (κ3) is 0.806. The lowest BCUT2D eigenvalue weighted by molar-refractivity contribution is 0.198. The summed E-state index contributed by atoms with van der Waals surface area (Å²) >= 11 is 0. The molecule has 0 aliphatic carbocycles. The Bertz CT molecular complexity index is 100. The summed E-state index contributed by atoms with van der Waals surface area (Å²) in [5, 5.41) is 11.2. The summed E-state index contributed by atoms with van der Waals surface area (Å²) in [6.07, 6.45) is -0.625. The molecule has 40 valence electrons. The Labute approximate surface area is 41.0 Å². The molecule has 0 unspecified atom stereocenters. The number of β-amino-alcohol motifs (C(OH)–C–C–N with tert-alkyl or cyclic N) is 1. The molecule has 4 heteroatoms. The zero-order valence-corrected chi connectivity index (χ0v) is 3.76. The number of guanidine groups is 1. The Morgan fingerprint density at radius 2 is 2.71 bits per heavy atom. The van der Waals surface area contributed by atoms with Gasteiger partial charge in [-0.2, -0.15) is 0 Å². The second-order valence-corrected chi connectivity index (χ2v) is 1.38. The molecule has 0 saturated carbocycles. The van der Waals surface area contributed by atoms with Crippen LogP contribution >= 0.6 is 0 Å². The average molecular weight is 101 g/mol. The number of aliphatic hydroxyl groups is 1. The first-order chi connectivity index (χ1) is 3.29. The zero-order chi connectivity index (χ0) is 5.28. The van der Waals surface area contributed by atoms with Gasteiger partial charge >= 0.3 is 0 Å². The van der Waals surface area contributed by atoms with Crippen molar-refractivity contribution < 1.29 is 5.11 Å². The normalized spacial score (nSPS) is 29.3. The summed E-state index contributed by atoms with van der Waals surface area (Å²) in [4.78, 5) is 3.53. The van der Waals surface area contributed by atoms with Gasteiger partial charge in [-0.15, -0.1) is 0 Å². The van der Waals surface area contributed by atoms with Crippen LogP contribution in [0.3, 0.4) is 0 Å². The van der Waals surface area contributed by atoms with Crippen LogP contribution in [-0.4, -0.2) is 23.8 Å². The maximum atomic E-state index is 8.57. The SMILES string of the molecule is NC1=N[C@@H](O)CN1. The van der Waals surface area contributed by atoms with Crippen LogP contribution in [0.15, 0.2) is 4.99 Å². The highest BCUT2D eigenvalue weighted by Crippen LogP contribution is 1.87. The molecule has 0 spiro atoms. The fourth-order valence-electron chi connectivity index (χ4n) is 0.448. The van der Waals surface area contributed by atoms with Crippen LogP contribution in [0.4, 0.5) is 0 Å². The van der Waals surface area contributed by atoms with Crippen LogP contribution in [0.5, 0.6) is 0 Å². The third-order valence-corrected chi connectivity index (χ3v) is 0.754. The number of rotatable bonds is 0. The van der Waals surface area contributed by atoms with Crippen molar-refractivity contribution in [1.82, 2.24) is 5.32 Å². The van der Waals surface area contributed by atoms with E-state index in [1.807, 2.05) is 0 Å². The first-order valence-corrected chi connectivity index (χ1v) is 2.04. The first-order valence-electron chi connectivity index (χ1n) is 2.04. The number of nitrogens with two attached hydrogens (primary N) is 1. The highest BCUT2D eigenvalue weighted by atomic mass is 16.3. The van der Waals surface area contributed by atoms with Gasteiger partial charge in [-0.1, -0.05) is 0 Å². The predicted octanol–water partition coefficient (Wildman–Crippen LogP) is -1.78.